The fourth-order valence-corrected chi connectivity index (χ4v) is 7.62. The molecule has 7 nitrogen and oxygen atoms in total. The summed E-state index contributed by atoms with van der Waals surface area (Å²) in [4.78, 5) is 26.6. The number of sulfonamides is 1. The van der Waals surface area contributed by atoms with Crippen LogP contribution < -0.4 is 0 Å². The summed E-state index contributed by atoms with van der Waals surface area (Å²) >= 11 is 1.19. The third-order valence-electron chi connectivity index (χ3n) is 6.43. The predicted octanol–water partition coefficient (Wildman–Crippen LogP) is 1.72. The number of fused-ring (bicyclic) bond motifs is 3. The smallest absolute Gasteiger partial charge is 0.307 e. The van der Waals surface area contributed by atoms with E-state index in [-0.39, 0.29) is 30.8 Å². The Kier molecular flexibility index (Phi) is 5.02. The van der Waals surface area contributed by atoms with Crippen LogP contribution in [0.25, 0.3) is 0 Å². The molecule has 1 aliphatic heterocycles. The summed E-state index contributed by atoms with van der Waals surface area (Å²) in [6.45, 7) is 1.16. The van der Waals surface area contributed by atoms with Crippen LogP contribution in [0.15, 0.2) is 21.7 Å². The van der Waals surface area contributed by atoms with Gasteiger partial charge >= 0.3 is 5.97 Å². The molecule has 5 rings (SSSR count). The third-order valence-corrected chi connectivity index (χ3v) is 9.70. The number of carbonyl (C=O) groups excluding carboxylic acids is 1. The number of hydrogen-bond donors (Lipinski definition) is 1. The van der Waals surface area contributed by atoms with E-state index in [0.29, 0.717) is 17.3 Å². The van der Waals surface area contributed by atoms with Crippen LogP contribution in [-0.4, -0.2) is 60.8 Å². The van der Waals surface area contributed by atoms with Gasteiger partial charge in [0, 0.05) is 26.2 Å². The van der Waals surface area contributed by atoms with Gasteiger partial charge in [-0.15, -0.1) is 11.3 Å². The van der Waals surface area contributed by atoms with E-state index < -0.39 is 27.8 Å². The van der Waals surface area contributed by atoms with E-state index in [1.54, 1.807) is 22.4 Å². The molecule has 9 heteroatoms. The van der Waals surface area contributed by atoms with Crippen LogP contribution in [0.1, 0.15) is 25.7 Å². The Hall–Kier alpha value is -1.45. The molecule has 0 aromatic carbocycles. The van der Waals surface area contributed by atoms with E-state index in [2.05, 4.69) is 0 Å². The second-order valence-corrected chi connectivity index (χ2v) is 10.8. The van der Waals surface area contributed by atoms with Crippen LogP contribution in [0.2, 0.25) is 0 Å². The molecule has 2 atom stereocenters. The van der Waals surface area contributed by atoms with Gasteiger partial charge in [0.05, 0.1) is 11.8 Å². The van der Waals surface area contributed by atoms with Crippen LogP contribution in [0, 0.1) is 23.7 Å². The van der Waals surface area contributed by atoms with Crippen molar-refractivity contribution in [1.29, 1.82) is 0 Å². The zero-order chi connectivity index (χ0) is 19.2. The van der Waals surface area contributed by atoms with E-state index >= 15 is 0 Å². The van der Waals surface area contributed by atoms with E-state index in [0.717, 1.165) is 25.7 Å². The summed E-state index contributed by atoms with van der Waals surface area (Å²) in [5.74, 6) is -1.74. The van der Waals surface area contributed by atoms with Gasteiger partial charge < -0.3 is 10.0 Å². The molecule has 4 aliphatic rings. The Morgan fingerprint density at radius 3 is 2.11 bits per heavy atom. The van der Waals surface area contributed by atoms with Crippen molar-refractivity contribution in [3.63, 3.8) is 0 Å². The van der Waals surface area contributed by atoms with Crippen molar-refractivity contribution in [1.82, 2.24) is 9.21 Å². The van der Waals surface area contributed by atoms with E-state index in [4.69, 9.17) is 0 Å². The number of carboxylic acid groups (broad SMARTS) is 1. The summed E-state index contributed by atoms with van der Waals surface area (Å²) in [6, 6.07) is 3.30. The normalized spacial score (nSPS) is 31.8. The van der Waals surface area contributed by atoms with E-state index in [1.165, 1.54) is 15.6 Å². The first-order valence-corrected chi connectivity index (χ1v) is 11.8. The van der Waals surface area contributed by atoms with Crippen molar-refractivity contribution < 1.29 is 23.1 Å². The number of carbonyl (C=O) groups is 2. The number of amides is 1. The maximum atomic E-state index is 13.1. The van der Waals surface area contributed by atoms with E-state index in [1.807, 2.05) is 0 Å². The fourth-order valence-electron chi connectivity index (χ4n) is 5.06. The molecule has 27 heavy (non-hydrogen) atoms. The first-order valence-electron chi connectivity index (χ1n) is 9.45. The quantitative estimate of drug-likeness (QED) is 0.812. The number of hydrogen-bond acceptors (Lipinski definition) is 5. The molecule has 1 amide bonds. The summed E-state index contributed by atoms with van der Waals surface area (Å²) < 4.78 is 27.0. The van der Waals surface area contributed by atoms with Gasteiger partial charge in [0.1, 0.15) is 4.21 Å². The summed E-state index contributed by atoms with van der Waals surface area (Å²) in [5, 5.41) is 11.4. The Balaban J connectivity index is 1.45. The number of rotatable bonds is 4. The van der Waals surface area contributed by atoms with Gasteiger partial charge in [0.2, 0.25) is 5.91 Å². The fraction of sp³-hybridized carbons (Fsp3) is 0.667. The summed E-state index contributed by atoms with van der Waals surface area (Å²) in [7, 11) is -3.51. The summed E-state index contributed by atoms with van der Waals surface area (Å²) in [6.07, 6.45) is 3.66. The second kappa shape index (κ2) is 7.18. The topological polar surface area (TPSA) is 95.0 Å². The molecule has 0 radical (unpaired) electrons. The molecule has 2 heterocycles. The molecule has 1 saturated heterocycles. The van der Waals surface area contributed by atoms with Crippen molar-refractivity contribution in [3.8, 4) is 0 Å². The van der Waals surface area contributed by atoms with Crippen molar-refractivity contribution in [2.24, 2.45) is 23.7 Å². The van der Waals surface area contributed by atoms with Crippen LogP contribution >= 0.6 is 11.3 Å². The van der Waals surface area contributed by atoms with Crippen LogP contribution in [-0.2, 0) is 19.6 Å². The Morgan fingerprint density at radius 2 is 1.59 bits per heavy atom. The molecule has 148 valence electrons. The maximum Gasteiger partial charge on any atom is 0.307 e. The molecule has 2 bridgehead atoms. The van der Waals surface area contributed by atoms with Crippen LogP contribution in [0.4, 0.5) is 0 Å². The molecule has 3 saturated carbocycles. The van der Waals surface area contributed by atoms with Crippen molar-refractivity contribution >= 4 is 33.2 Å². The highest BCUT2D eigenvalue weighted by Crippen LogP contribution is 2.49. The van der Waals surface area contributed by atoms with Crippen LogP contribution in [0.5, 0.6) is 0 Å². The lowest BCUT2D eigenvalue weighted by atomic mass is 9.58. The zero-order valence-electron chi connectivity index (χ0n) is 15.0. The molecule has 4 fully saturated rings. The second-order valence-electron chi connectivity index (χ2n) is 7.73. The summed E-state index contributed by atoms with van der Waals surface area (Å²) in [5.41, 5.74) is 0. The largest absolute Gasteiger partial charge is 0.481 e. The highest BCUT2D eigenvalue weighted by atomic mass is 32.2. The van der Waals surface area contributed by atoms with E-state index in [9.17, 15) is 23.1 Å². The lowest BCUT2D eigenvalue weighted by Gasteiger charge is -2.48. The first-order chi connectivity index (χ1) is 12.9. The highest BCUT2D eigenvalue weighted by molar-refractivity contribution is 7.91. The van der Waals surface area contributed by atoms with Crippen molar-refractivity contribution in [2.75, 3.05) is 26.2 Å². The number of thiophene rings is 1. The Labute approximate surface area is 163 Å². The Morgan fingerprint density at radius 1 is 1.00 bits per heavy atom. The molecular weight excluding hydrogens is 388 g/mol. The molecular formula is C18H24N2O5S2. The maximum absolute atomic E-state index is 13.1. The van der Waals surface area contributed by atoms with Gasteiger partial charge in [-0.2, -0.15) is 4.31 Å². The minimum absolute atomic E-state index is 0.0926. The number of aliphatic carboxylic acids is 1. The van der Waals surface area contributed by atoms with Crippen molar-refractivity contribution in [2.45, 2.75) is 29.9 Å². The van der Waals surface area contributed by atoms with Gasteiger partial charge in [0.15, 0.2) is 0 Å². The highest BCUT2D eigenvalue weighted by Gasteiger charge is 2.51. The first kappa shape index (κ1) is 18.9. The number of carboxylic acids is 1. The average Bonchev–Trinajstić information content (AvgIpc) is 3.23. The lowest BCUT2D eigenvalue weighted by molar-refractivity contribution is -0.162. The van der Waals surface area contributed by atoms with Crippen molar-refractivity contribution in [3.05, 3.63) is 17.5 Å². The number of piperazine rings is 1. The molecule has 0 spiro atoms. The van der Waals surface area contributed by atoms with Gasteiger partial charge in [-0.3, -0.25) is 9.59 Å². The molecule has 1 N–H and O–H groups in total. The van der Waals surface area contributed by atoms with Gasteiger partial charge in [-0.25, -0.2) is 8.42 Å². The van der Waals surface area contributed by atoms with Crippen LogP contribution in [0.3, 0.4) is 0 Å². The third kappa shape index (κ3) is 3.30. The van der Waals surface area contributed by atoms with Gasteiger partial charge in [0.25, 0.3) is 10.0 Å². The van der Waals surface area contributed by atoms with Gasteiger partial charge in [-0.05, 0) is 49.0 Å². The molecule has 1 aromatic rings. The number of nitrogens with zero attached hydrogens (tertiary/aromatic N) is 2. The predicted molar refractivity (Wildman–Crippen MR) is 99.7 cm³/mol. The monoisotopic (exact) mass is 412 g/mol. The Bertz CT molecular complexity index is 807. The minimum Gasteiger partial charge on any atom is -0.481 e. The molecule has 3 aliphatic carbocycles. The standard InChI is InChI=1S/C18H24N2O5S2/c21-17(15-12-3-5-13(6-4-12)16(15)18(22)23)19-7-9-20(10-8-19)27(24,25)14-2-1-11-26-14/h1-2,11-13,15-16H,3-10H2,(H,22,23)/t12?,13?,15-,16-/m1/s1. The zero-order valence-corrected chi connectivity index (χ0v) is 16.6. The lowest BCUT2D eigenvalue weighted by Crippen LogP contribution is -2.56. The van der Waals surface area contributed by atoms with Gasteiger partial charge in [-0.1, -0.05) is 6.07 Å². The average molecular weight is 413 g/mol. The SMILES string of the molecule is O=C(O)[C@@H]1C2CCC(CC2)[C@H]1C(=O)N1CCN(S(=O)(=O)c2cccs2)CC1. The molecule has 1 aromatic heterocycles. The molecule has 0 unspecified atom stereocenters. The minimum atomic E-state index is -3.51.